The molecule has 0 aliphatic heterocycles. The zero-order valence-electron chi connectivity index (χ0n) is 15.4. The topological polar surface area (TPSA) is 90.4 Å². The van der Waals surface area contributed by atoms with E-state index in [0.717, 1.165) is 36.4 Å². The normalized spacial score (nSPS) is 10.9. The van der Waals surface area contributed by atoms with Gasteiger partial charge in [0.05, 0.1) is 7.11 Å². The minimum atomic E-state index is -5.01. The van der Waals surface area contributed by atoms with Gasteiger partial charge in [-0.05, 0) is 36.4 Å². The van der Waals surface area contributed by atoms with E-state index in [9.17, 15) is 22.8 Å². The summed E-state index contributed by atoms with van der Waals surface area (Å²) in [6.45, 7) is 0. The van der Waals surface area contributed by atoms with Crippen molar-refractivity contribution in [1.29, 1.82) is 0 Å². The van der Waals surface area contributed by atoms with Crippen molar-refractivity contribution in [1.82, 2.24) is 9.97 Å². The van der Waals surface area contributed by atoms with Crippen molar-refractivity contribution >= 4 is 17.7 Å². The number of rotatable bonds is 5. The average molecular weight is 417 g/mol. The van der Waals surface area contributed by atoms with Gasteiger partial charge in [0.25, 0.3) is 5.91 Å². The van der Waals surface area contributed by atoms with E-state index < -0.39 is 29.6 Å². The average Bonchev–Trinajstić information content (AvgIpc) is 2.73. The summed E-state index contributed by atoms with van der Waals surface area (Å²) >= 11 is 0. The summed E-state index contributed by atoms with van der Waals surface area (Å²) in [5.41, 5.74) is 0.999. The molecule has 10 heteroatoms. The maximum atomic E-state index is 12.5. The third-order valence-electron chi connectivity index (χ3n) is 3.87. The molecule has 0 fully saturated rings. The Hall–Kier alpha value is -3.95. The predicted octanol–water partition coefficient (Wildman–Crippen LogP) is 4.08. The summed E-state index contributed by atoms with van der Waals surface area (Å²) in [5, 5.41) is 2.51. The molecule has 0 atom stereocenters. The molecular formula is C20H14F3N3O4. The second kappa shape index (κ2) is 8.60. The van der Waals surface area contributed by atoms with Gasteiger partial charge in [-0.25, -0.2) is 9.78 Å². The van der Waals surface area contributed by atoms with Gasteiger partial charge in [-0.2, -0.15) is 0 Å². The van der Waals surface area contributed by atoms with Crippen molar-refractivity contribution in [2.45, 2.75) is 6.36 Å². The number of nitrogens with one attached hydrogen (secondary N) is 1. The van der Waals surface area contributed by atoms with Crippen LogP contribution in [0.3, 0.4) is 0 Å². The number of nitrogens with zero attached hydrogens (tertiary/aromatic N) is 2. The minimum Gasteiger partial charge on any atom is -0.465 e. The standard InChI is InChI=1S/C20H14F3N3O4/c1-29-19(28)15-9-12(4-6-16(15)30-20(21,22)23)18(27)26-17-7-5-14(11-25-17)13-3-2-8-24-10-13/h2-11H,1H3,(H,25,26,27). The summed E-state index contributed by atoms with van der Waals surface area (Å²) in [6.07, 6.45) is -0.174. The number of alkyl halides is 3. The van der Waals surface area contributed by atoms with Crippen LogP contribution in [0.4, 0.5) is 19.0 Å². The monoisotopic (exact) mass is 417 g/mol. The second-order valence-electron chi connectivity index (χ2n) is 5.88. The van der Waals surface area contributed by atoms with Crippen LogP contribution in [0, 0.1) is 0 Å². The molecule has 2 heterocycles. The zero-order valence-corrected chi connectivity index (χ0v) is 15.4. The molecule has 0 spiro atoms. The maximum absolute atomic E-state index is 12.5. The van der Waals surface area contributed by atoms with Crippen molar-refractivity contribution in [2.24, 2.45) is 0 Å². The highest BCUT2D eigenvalue weighted by atomic mass is 19.4. The number of amides is 1. The number of esters is 1. The fraction of sp³-hybridized carbons (Fsp3) is 0.100. The Morgan fingerprint density at radius 3 is 2.40 bits per heavy atom. The Morgan fingerprint density at radius 1 is 1.03 bits per heavy atom. The Morgan fingerprint density at radius 2 is 1.80 bits per heavy atom. The van der Waals surface area contributed by atoms with Crippen LogP contribution in [0.15, 0.2) is 61.1 Å². The highest BCUT2D eigenvalue weighted by Gasteiger charge is 2.33. The van der Waals surface area contributed by atoms with Gasteiger partial charge in [0.15, 0.2) is 0 Å². The number of hydrogen-bond acceptors (Lipinski definition) is 6. The summed E-state index contributed by atoms with van der Waals surface area (Å²) < 4.78 is 45.9. The zero-order chi connectivity index (χ0) is 21.7. The van der Waals surface area contributed by atoms with Crippen LogP contribution in [-0.4, -0.2) is 35.3 Å². The molecule has 2 aromatic heterocycles. The number of halogens is 3. The molecule has 1 amide bonds. The molecule has 0 aliphatic rings. The van der Waals surface area contributed by atoms with Crippen LogP contribution >= 0.6 is 0 Å². The molecule has 0 aliphatic carbocycles. The molecule has 7 nitrogen and oxygen atoms in total. The lowest BCUT2D eigenvalue weighted by Gasteiger charge is -2.13. The quantitative estimate of drug-likeness (QED) is 0.629. The van der Waals surface area contributed by atoms with E-state index in [4.69, 9.17) is 0 Å². The fourth-order valence-corrected chi connectivity index (χ4v) is 2.51. The molecule has 0 saturated carbocycles. The van der Waals surface area contributed by atoms with Crippen LogP contribution in [0.25, 0.3) is 11.1 Å². The first-order chi connectivity index (χ1) is 14.3. The van der Waals surface area contributed by atoms with Crippen molar-refractivity contribution < 1.29 is 32.2 Å². The van der Waals surface area contributed by atoms with Crippen LogP contribution in [0.1, 0.15) is 20.7 Å². The number of benzene rings is 1. The smallest absolute Gasteiger partial charge is 0.465 e. The largest absolute Gasteiger partial charge is 0.573 e. The lowest BCUT2D eigenvalue weighted by Crippen LogP contribution is -2.20. The Bertz CT molecular complexity index is 1060. The van der Waals surface area contributed by atoms with Crippen molar-refractivity contribution in [3.8, 4) is 16.9 Å². The number of ether oxygens (including phenoxy) is 2. The molecule has 0 saturated heterocycles. The van der Waals surface area contributed by atoms with Gasteiger partial charge >= 0.3 is 12.3 Å². The Kier molecular flexibility index (Phi) is 5.95. The van der Waals surface area contributed by atoms with E-state index in [1.54, 1.807) is 30.6 Å². The molecule has 0 unspecified atom stereocenters. The van der Waals surface area contributed by atoms with Gasteiger partial charge in [-0.15, -0.1) is 13.2 Å². The summed E-state index contributed by atoms with van der Waals surface area (Å²) in [7, 11) is 1.00. The van der Waals surface area contributed by atoms with Gasteiger partial charge in [0, 0.05) is 35.3 Å². The third-order valence-corrected chi connectivity index (χ3v) is 3.87. The first-order valence-electron chi connectivity index (χ1n) is 8.43. The number of aromatic nitrogens is 2. The first-order valence-corrected chi connectivity index (χ1v) is 8.43. The van der Waals surface area contributed by atoms with Gasteiger partial charge in [-0.1, -0.05) is 6.07 Å². The molecule has 0 bridgehead atoms. The highest BCUT2D eigenvalue weighted by Crippen LogP contribution is 2.28. The van der Waals surface area contributed by atoms with E-state index in [2.05, 4.69) is 24.8 Å². The van der Waals surface area contributed by atoms with Gasteiger partial charge in [0.2, 0.25) is 0 Å². The number of hydrogen-bond donors (Lipinski definition) is 1. The molecule has 3 aromatic rings. The van der Waals surface area contributed by atoms with E-state index in [-0.39, 0.29) is 11.4 Å². The van der Waals surface area contributed by atoms with E-state index in [0.29, 0.717) is 0 Å². The SMILES string of the molecule is COC(=O)c1cc(C(=O)Nc2ccc(-c3cccnc3)cn2)ccc1OC(F)(F)F. The first kappa shape index (κ1) is 20.8. The molecule has 3 rings (SSSR count). The lowest BCUT2D eigenvalue weighted by atomic mass is 10.1. The Balaban J connectivity index is 1.80. The molecular weight excluding hydrogens is 403 g/mol. The summed E-state index contributed by atoms with van der Waals surface area (Å²) in [5.74, 6) is -2.32. The van der Waals surface area contributed by atoms with Crippen molar-refractivity contribution in [2.75, 3.05) is 12.4 Å². The third kappa shape index (κ3) is 5.10. The predicted molar refractivity (Wildman–Crippen MR) is 99.9 cm³/mol. The number of anilines is 1. The van der Waals surface area contributed by atoms with Crippen LogP contribution in [-0.2, 0) is 4.74 Å². The second-order valence-corrected chi connectivity index (χ2v) is 5.88. The van der Waals surface area contributed by atoms with Crippen LogP contribution < -0.4 is 10.1 Å². The fourth-order valence-electron chi connectivity index (χ4n) is 2.51. The van der Waals surface area contributed by atoms with Crippen molar-refractivity contribution in [3.05, 3.63) is 72.2 Å². The molecule has 154 valence electrons. The van der Waals surface area contributed by atoms with E-state index in [1.165, 1.54) is 6.20 Å². The van der Waals surface area contributed by atoms with Crippen molar-refractivity contribution in [3.63, 3.8) is 0 Å². The number of pyridine rings is 2. The number of carbonyl (C=O) groups excluding carboxylic acids is 2. The highest BCUT2D eigenvalue weighted by molar-refractivity contribution is 6.05. The van der Waals surface area contributed by atoms with Crippen LogP contribution in [0.5, 0.6) is 5.75 Å². The molecule has 30 heavy (non-hydrogen) atoms. The summed E-state index contributed by atoms with van der Waals surface area (Å²) in [4.78, 5) is 32.4. The van der Waals surface area contributed by atoms with Gasteiger partial charge in [0.1, 0.15) is 17.1 Å². The number of carbonyl (C=O) groups is 2. The molecule has 1 N–H and O–H groups in total. The van der Waals surface area contributed by atoms with E-state index >= 15 is 0 Å². The molecule has 0 radical (unpaired) electrons. The number of methoxy groups -OCH3 is 1. The van der Waals surface area contributed by atoms with Gasteiger partial charge < -0.3 is 14.8 Å². The summed E-state index contributed by atoms with van der Waals surface area (Å²) in [6, 6.07) is 9.81. The lowest BCUT2D eigenvalue weighted by molar-refractivity contribution is -0.274. The van der Waals surface area contributed by atoms with Crippen LogP contribution in [0.2, 0.25) is 0 Å². The maximum Gasteiger partial charge on any atom is 0.573 e. The Labute approximate surface area is 168 Å². The minimum absolute atomic E-state index is 0.0805. The molecule has 1 aromatic carbocycles. The van der Waals surface area contributed by atoms with E-state index in [1.807, 2.05) is 6.07 Å². The van der Waals surface area contributed by atoms with Gasteiger partial charge in [-0.3, -0.25) is 9.78 Å².